The van der Waals surface area contributed by atoms with Crippen LogP contribution in [0.2, 0.25) is 0 Å². The maximum atomic E-state index is 6.16. The SMILES string of the molecule is CCc1ccc(CN(C)C2(CN)CCCC(C)C2)cc1. The van der Waals surface area contributed by atoms with Gasteiger partial charge in [0.2, 0.25) is 0 Å². The Kier molecular flexibility index (Phi) is 5.22. The zero-order chi connectivity index (χ0) is 14.6. The van der Waals surface area contributed by atoms with Crippen molar-refractivity contribution >= 4 is 0 Å². The maximum Gasteiger partial charge on any atom is 0.0334 e. The van der Waals surface area contributed by atoms with Crippen LogP contribution in [0.25, 0.3) is 0 Å². The van der Waals surface area contributed by atoms with Crippen LogP contribution in [0.5, 0.6) is 0 Å². The van der Waals surface area contributed by atoms with E-state index in [0.717, 1.165) is 25.4 Å². The molecule has 1 fully saturated rings. The summed E-state index contributed by atoms with van der Waals surface area (Å²) in [6, 6.07) is 9.04. The largest absolute Gasteiger partial charge is 0.329 e. The molecule has 0 bridgehead atoms. The van der Waals surface area contributed by atoms with Crippen molar-refractivity contribution in [2.45, 2.75) is 58.0 Å². The Hall–Kier alpha value is -0.860. The lowest BCUT2D eigenvalue weighted by atomic mass is 9.75. The van der Waals surface area contributed by atoms with E-state index in [1.165, 1.54) is 36.8 Å². The summed E-state index contributed by atoms with van der Waals surface area (Å²) in [5.74, 6) is 0.803. The lowest BCUT2D eigenvalue weighted by Crippen LogP contribution is -2.54. The molecule has 20 heavy (non-hydrogen) atoms. The first-order chi connectivity index (χ1) is 9.59. The molecule has 2 N–H and O–H groups in total. The Morgan fingerprint density at radius 3 is 2.45 bits per heavy atom. The second-order valence-electron chi connectivity index (χ2n) is 6.66. The van der Waals surface area contributed by atoms with E-state index in [1.807, 2.05) is 0 Å². The van der Waals surface area contributed by atoms with Crippen molar-refractivity contribution in [3.8, 4) is 0 Å². The molecule has 1 aromatic carbocycles. The van der Waals surface area contributed by atoms with Crippen molar-refractivity contribution in [1.29, 1.82) is 0 Å². The predicted molar refractivity (Wildman–Crippen MR) is 86.7 cm³/mol. The molecule has 0 saturated heterocycles. The number of hydrogen-bond donors (Lipinski definition) is 1. The topological polar surface area (TPSA) is 29.3 Å². The zero-order valence-electron chi connectivity index (χ0n) is 13.4. The van der Waals surface area contributed by atoms with Crippen molar-refractivity contribution in [1.82, 2.24) is 4.90 Å². The fourth-order valence-electron chi connectivity index (χ4n) is 3.64. The second-order valence-corrected chi connectivity index (χ2v) is 6.66. The minimum atomic E-state index is 0.209. The Balaban J connectivity index is 2.06. The van der Waals surface area contributed by atoms with Gasteiger partial charge in [-0.25, -0.2) is 0 Å². The third-order valence-corrected chi connectivity index (χ3v) is 5.11. The monoisotopic (exact) mass is 274 g/mol. The van der Waals surface area contributed by atoms with E-state index in [4.69, 9.17) is 5.73 Å². The van der Waals surface area contributed by atoms with Crippen LogP contribution in [0.4, 0.5) is 0 Å². The van der Waals surface area contributed by atoms with Crippen LogP contribution in [-0.2, 0) is 13.0 Å². The molecule has 1 aliphatic rings. The van der Waals surface area contributed by atoms with Gasteiger partial charge in [0.1, 0.15) is 0 Å². The van der Waals surface area contributed by atoms with Gasteiger partial charge in [0.25, 0.3) is 0 Å². The number of likely N-dealkylation sites (N-methyl/N-ethyl adjacent to an activating group) is 1. The van der Waals surface area contributed by atoms with Gasteiger partial charge in [0.05, 0.1) is 0 Å². The summed E-state index contributed by atoms with van der Waals surface area (Å²) in [6.45, 7) is 6.36. The van der Waals surface area contributed by atoms with Crippen molar-refractivity contribution in [3.63, 3.8) is 0 Å². The van der Waals surface area contributed by atoms with Gasteiger partial charge in [0.15, 0.2) is 0 Å². The number of rotatable bonds is 5. The summed E-state index contributed by atoms with van der Waals surface area (Å²) in [7, 11) is 2.25. The van der Waals surface area contributed by atoms with Crippen molar-refractivity contribution < 1.29 is 0 Å². The Morgan fingerprint density at radius 1 is 1.25 bits per heavy atom. The summed E-state index contributed by atoms with van der Waals surface area (Å²) in [6.07, 6.45) is 6.28. The first-order valence-corrected chi connectivity index (χ1v) is 8.09. The van der Waals surface area contributed by atoms with Gasteiger partial charge in [0, 0.05) is 18.6 Å². The molecule has 1 aromatic rings. The summed E-state index contributed by atoms with van der Waals surface area (Å²) < 4.78 is 0. The van der Waals surface area contributed by atoms with Crippen molar-refractivity contribution in [3.05, 3.63) is 35.4 Å². The van der Waals surface area contributed by atoms with E-state index >= 15 is 0 Å². The van der Waals surface area contributed by atoms with Crippen LogP contribution in [0.1, 0.15) is 50.7 Å². The summed E-state index contributed by atoms with van der Waals surface area (Å²) in [5.41, 5.74) is 9.18. The normalized spacial score (nSPS) is 26.9. The highest BCUT2D eigenvalue weighted by atomic mass is 15.2. The fraction of sp³-hybridized carbons (Fsp3) is 0.667. The third-order valence-electron chi connectivity index (χ3n) is 5.11. The second kappa shape index (κ2) is 6.73. The van der Waals surface area contributed by atoms with E-state index in [-0.39, 0.29) is 5.54 Å². The molecule has 112 valence electrons. The highest BCUT2D eigenvalue weighted by Gasteiger charge is 2.37. The van der Waals surface area contributed by atoms with Crippen molar-refractivity contribution in [2.75, 3.05) is 13.6 Å². The van der Waals surface area contributed by atoms with E-state index < -0.39 is 0 Å². The van der Waals surface area contributed by atoms with Crippen LogP contribution in [0, 0.1) is 5.92 Å². The van der Waals surface area contributed by atoms with Gasteiger partial charge < -0.3 is 5.73 Å². The van der Waals surface area contributed by atoms with Crippen LogP contribution in [0.15, 0.2) is 24.3 Å². The Bertz CT molecular complexity index is 412. The van der Waals surface area contributed by atoms with Gasteiger partial charge >= 0.3 is 0 Å². The highest BCUT2D eigenvalue weighted by molar-refractivity contribution is 5.22. The molecule has 0 radical (unpaired) electrons. The first-order valence-electron chi connectivity index (χ1n) is 8.09. The predicted octanol–water partition coefficient (Wildman–Crippen LogP) is 3.59. The standard InChI is InChI=1S/C18H30N2/c1-4-16-7-9-17(10-8-16)13-20(3)18(14-19)11-5-6-15(2)12-18/h7-10,15H,4-6,11-14,19H2,1-3H3. The van der Waals surface area contributed by atoms with Gasteiger partial charge in [-0.05, 0) is 43.4 Å². The van der Waals surface area contributed by atoms with E-state index in [1.54, 1.807) is 0 Å². The van der Waals surface area contributed by atoms with E-state index in [2.05, 4.69) is 50.1 Å². The minimum absolute atomic E-state index is 0.209. The highest BCUT2D eigenvalue weighted by Crippen LogP contribution is 2.36. The smallest absolute Gasteiger partial charge is 0.0334 e. The first kappa shape index (κ1) is 15.5. The molecule has 2 unspecified atom stereocenters. The summed E-state index contributed by atoms with van der Waals surface area (Å²) in [5, 5.41) is 0. The average Bonchev–Trinajstić information content (AvgIpc) is 2.47. The molecule has 2 nitrogen and oxygen atoms in total. The van der Waals surface area contributed by atoms with Gasteiger partial charge in [-0.1, -0.05) is 51.0 Å². The van der Waals surface area contributed by atoms with Gasteiger partial charge in [-0.15, -0.1) is 0 Å². The zero-order valence-corrected chi connectivity index (χ0v) is 13.4. The summed E-state index contributed by atoms with van der Waals surface area (Å²) in [4.78, 5) is 2.50. The van der Waals surface area contributed by atoms with Crippen LogP contribution in [0.3, 0.4) is 0 Å². The molecule has 2 rings (SSSR count). The average molecular weight is 274 g/mol. The molecular weight excluding hydrogens is 244 g/mol. The quantitative estimate of drug-likeness (QED) is 0.889. The Morgan fingerprint density at radius 2 is 1.90 bits per heavy atom. The molecule has 0 heterocycles. The lowest BCUT2D eigenvalue weighted by Gasteiger charge is -2.46. The molecule has 1 saturated carbocycles. The molecule has 0 spiro atoms. The van der Waals surface area contributed by atoms with Gasteiger partial charge in [-0.3, -0.25) is 4.90 Å². The van der Waals surface area contributed by atoms with Crippen LogP contribution in [-0.4, -0.2) is 24.0 Å². The number of hydrogen-bond acceptors (Lipinski definition) is 2. The molecule has 0 amide bonds. The molecule has 0 aromatic heterocycles. The van der Waals surface area contributed by atoms with Crippen molar-refractivity contribution in [2.24, 2.45) is 11.7 Å². The van der Waals surface area contributed by atoms with Crippen LogP contribution < -0.4 is 5.73 Å². The number of aryl methyl sites for hydroxylation is 1. The number of nitrogens with zero attached hydrogens (tertiary/aromatic N) is 1. The molecule has 2 atom stereocenters. The molecule has 0 aliphatic heterocycles. The number of benzene rings is 1. The fourth-order valence-corrected chi connectivity index (χ4v) is 3.64. The van der Waals surface area contributed by atoms with E-state index in [0.29, 0.717) is 0 Å². The number of nitrogens with two attached hydrogens (primary N) is 1. The molecule has 2 heteroatoms. The molecular formula is C18H30N2. The van der Waals surface area contributed by atoms with Crippen LogP contribution >= 0.6 is 0 Å². The molecule has 1 aliphatic carbocycles. The summed E-state index contributed by atoms with van der Waals surface area (Å²) >= 11 is 0. The Labute approximate surface area is 124 Å². The lowest BCUT2D eigenvalue weighted by molar-refractivity contribution is 0.0554. The maximum absolute atomic E-state index is 6.16. The third kappa shape index (κ3) is 3.42. The van der Waals surface area contributed by atoms with Gasteiger partial charge in [-0.2, -0.15) is 0 Å². The minimum Gasteiger partial charge on any atom is -0.329 e. The van der Waals surface area contributed by atoms with E-state index in [9.17, 15) is 0 Å².